The molecular weight excluding hydrogens is 464 g/mol. The summed E-state index contributed by atoms with van der Waals surface area (Å²) in [4.78, 5) is 48.9. The molecule has 0 radical (unpaired) electrons. The highest BCUT2D eigenvalue weighted by molar-refractivity contribution is 7.95. The zero-order chi connectivity index (χ0) is 26.2. The van der Waals surface area contributed by atoms with Gasteiger partial charge in [0.2, 0.25) is 0 Å². The number of esters is 3. The van der Waals surface area contributed by atoms with Gasteiger partial charge in [-0.1, -0.05) is 19.7 Å². The molecule has 0 aliphatic carbocycles. The first-order valence-corrected chi connectivity index (χ1v) is 11.6. The fraction of sp³-hybridized carbons (Fsp3) is 0.583. The van der Waals surface area contributed by atoms with Gasteiger partial charge in [-0.05, 0) is 48.0 Å². The molecule has 190 valence electrons. The molecule has 0 spiro atoms. The number of carbonyl (C=O) groups excluding carboxylic acids is 4. The molecule has 1 aliphatic heterocycles. The van der Waals surface area contributed by atoms with E-state index < -0.39 is 53.7 Å². The van der Waals surface area contributed by atoms with Crippen molar-refractivity contribution in [1.82, 2.24) is 0 Å². The van der Waals surface area contributed by atoms with Crippen LogP contribution in [0.3, 0.4) is 0 Å². The lowest BCUT2D eigenvalue weighted by Crippen LogP contribution is -2.58. The first-order valence-electron chi connectivity index (χ1n) is 10.7. The first kappa shape index (κ1) is 29.4. The normalized spacial score (nSPS) is 22.2. The van der Waals surface area contributed by atoms with Crippen molar-refractivity contribution in [3.05, 3.63) is 36.5 Å². The van der Waals surface area contributed by atoms with Crippen molar-refractivity contribution < 1.29 is 42.3 Å². The number of ether oxygens (including phenoxy) is 4. The van der Waals surface area contributed by atoms with Crippen LogP contribution < -0.4 is 0 Å². The topological polar surface area (TPSA) is 114 Å². The van der Waals surface area contributed by atoms with Crippen LogP contribution in [-0.4, -0.2) is 60.7 Å². The summed E-state index contributed by atoms with van der Waals surface area (Å²) in [5.74, 6) is -2.26. The lowest BCUT2D eigenvalue weighted by atomic mass is 9.95. The number of carbonyl (C=O) groups is 4. The Bertz CT molecular complexity index is 840. The quantitative estimate of drug-likeness (QED) is 0.146. The molecule has 1 fully saturated rings. The summed E-state index contributed by atoms with van der Waals surface area (Å²) in [6.45, 7) is 20.1. The molecule has 0 aromatic carbocycles. The Morgan fingerprint density at radius 3 is 1.82 bits per heavy atom. The van der Waals surface area contributed by atoms with Gasteiger partial charge in [0.15, 0.2) is 18.3 Å². The number of hydrogen-bond donors (Lipinski definition) is 0. The van der Waals surface area contributed by atoms with Crippen molar-refractivity contribution >= 4 is 35.9 Å². The summed E-state index contributed by atoms with van der Waals surface area (Å²) in [6.07, 6.45) is -3.77. The molecule has 1 rings (SSSR count). The average molecular weight is 499 g/mol. The van der Waals surface area contributed by atoms with Gasteiger partial charge in [-0.25, -0.2) is 14.4 Å². The third-order valence-electron chi connectivity index (χ3n) is 4.55. The second-order valence-corrected chi connectivity index (χ2v) is 9.94. The Morgan fingerprint density at radius 2 is 1.35 bits per heavy atom. The predicted molar refractivity (Wildman–Crippen MR) is 126 cm³/mol. The largest absolute Gasteiger partial charge is 0.455 e. The minimum Gasteiger partial charge on any atom is -0.455 e. The Morgan fingerprint density at radius 1 is 0.853 bits per heavy atom. The van der Waals surface area contributed by atoms with E-state index in [9.17, 15) is 19.2 Å². The van der Waals surface area contributed by atoms with Gasteiger partial charge in [0.25, 0.3) is 0 Å². The fourth-order valence-electron chi connectivity index (χ4n) is 2.56. The Hall–Kier alpha value is -2.59. The lowest BCUT2D eigenvalue weighted by molar-refractivity contribution is -0.227. The van der Waals surface area contributed by atoms with Crippen molar-refractivity contribution in [2.24, 2.45) is 5.41 Å². The van der Waals surface area contributed by atoms with Gasteiger partial charge in [-0.2, -0.15) is 0 Å². The molecule has 1 heterocycles. The van der Waals surface area contributed by atoms with E-state index in [2.05, 4.69) is 19.7 Å². The predicted octanol–water partition coefficient (Wildman–Crippen LogP) is 3.48. The first-order chi connectivity index (χ1) is 15.6. The third kappa shape index (κ3) is 8.98. The van der Waals surface area contributed by atoms with E-state index in [0.29, 0.717) is 5.75 Å². The summed E-state index contributed by atoms with van der Waals surface area (Å²) in [7, 11) is 0. The highest BCUT2D eigenvalue weighted by Crippen LogP contribution is 2.30. The fourth-order valence-corrected chi connectivity index (χ4v) is 3.22. The molecule has 9 nitrogen and oxygen atoms in total. The van der Waals surface area contributed by atoms with Crippen LogP contribution in [-0.2, 0) is 42.3 Å². The van der Waals surface area contributed by atoms with Crippen LogP contribution in [0.25, 0.3) is 0 Å². The highest BCUT2D eigenvalue weighted by atomic mass is 32.2. The molecule has 1 unspecified atom stereocenters. The Labute approximate surface area is 205 Å². The van der Waals surface area contributed by atoms with Crippen LogP contribution in [0.15, 0.2) is 36.5 Å². The molecule has 0 N–H and O–H groups in total. The van der Waals surface area contributed by atoms with E-state index in [4.69, 9.17) is 23.1 Å². The van der Waals surface area contributed by atoms with Crippen molar-refractivity contribution in [1.29, 1.82) is 0 Å². The minimum absolute atomic E-state index is 0.0992. The number of rotatable bonds is 10. The van der Waals surface area contributed by atoms with Crippen molar-refractivity contribution in [3.8, 4) is 0 Å². The summed E-state index contributed by atoms with van der Waals surface area (Å²) in [5, 5.41) is 0. The van der Waals surface area contributed by atoms with Crippen LogP contribution in [0.5, 0.6) is 0 Å². The summed E-state index contributed by atoms with van der Waals surface area (Å²) in [5.41, 5.74) is -0.323. The molecule has 0 aromatic heterocycles. The average Bonchev–Trinajstić information content (AvgIpc) is 2.72. The SMILES string of the molecule is C=C(C)C(=O)OSCCC1OC[C@@H](OC(=O)C(C)(C)C)[C@@H](OC(=O)C(=C)C)[C@@H]1OC(=O)C(=C)C. The molecule has 0 aromatic rings. The van der Waals surface area contributed by atoms with Crippen molar-refractivity contribution in [2.45, 2.75) is 72.4 Å². The van der Waals surface area contributed by atoms with E-state index in [1.54, 1.807) is 20.8 Å². The standard InChI is InChI=1S/C24H34O9S/c1-13(2)20(25)31-18-16(10-11-34-33-22(27)15(5)6)29-12-17(30-23(28)24(7,8)9)19(18)32-21(26)14(3)4/h16-19H,1,3,5,10-12H2,2,4,6-9H3/t16?,17-,18-,19-/m1/s1. The molecule has 0 amide bonds. The zero-order valence-corrected chi connectivity index (χ0v) is 21.5. The molecule has 4 atom stereocenters. The molecule has 34 heavy (non-hydrogen) atoms. The smallest absolute Gasteiger partial charge is 0.345 e. The molecule has 0 bridgehead atoms. The van der Waals surface area contributed by atoms with Crippen LogP contribution in [0.4, 0.5) is 0 Å². The Balaban J connectivity index is 3.16. The zero-order valence-electron chi connectivity index (χ0n) is 20.6. The van der Waals surface area contributed by atoms with Crippen molar-refractivity contribution in [3.63, 3.8) is 0 Å². The molecule has 0 saturated carbocycles. The van der Waals surface area contributed by atoms with Crippen LogP contribution in [0, 0.1) is 5.41 Å². The van der Waals surface area contributed by atoms with Crippen LogP contribution in [0.1, 0.15) is 48.0 Å². The second kappa shape index (κ2) is 12.8. The summed E-state index contributed by atoms with van der Waals surface area (Å²) < 4.78 is 27.6. The van der Waals surface area contributed by atoms with E-state index >= 15 is 0 Å². The monoisotopic (exact) mass is 498 g/mol. The van der Waals surface area contributed by atoms with Gasteiger partial charge in [-0.15, -0.1) is 0 Å². The minimum atomic E-state index is -1.15. The highest BCUT2D eigenvalue weighted by Gasteiger charge is 2.48. The Kier molecular flexibility index (Phi) is 11.0. The van der Waals surface area contributed by atoms with Gasteiger partial charge in [0.05, 0.1) is 30.2 Å². The van der Waals surface area contributed by atoms with E-state index in [1.807, 2.05) is 0 Å². The van der Waals surface area contributed by atoms with Gasteiger partial charge >= 0.3 is 23.9 Å². The van der Waals surface area contributed by atoms with Crippen LogP contribution in [0.2, 0.25) is 0 Å². The number of hydrogen-bond acceptors (Lipinski definition) is 10. The lowest BCUT2D eigenvalue weighted by Gasteiger charge is -2.41. The molecule has 1 saturated heterocycles. The molecule has 10 heteroatoms. The van der Waals surface area contributed by atoms with Crippen LogP contribution >= 0.6 is 12.0 Å². The maximum atomic E-state index is 12.5. The maximum absolute atomic E-state index is 12.5. The molecule has 1 aliphatic rings. The van der Waals surface area contributed by atoms with E-state index in [0.717, 1.165) is 12.0 Å². The third-order valence-corrected chi connectivity index (χ3v) is 5.23. The maximum Gasteiger partial charge on any atom is 0.345 e. The van der Waals surface area contributed by atoms with Crippen molar-refractivity contribution in [2.75, 3.05) is 12.4 Å². The van der Waals surface area contributed by atoms with E-state index in [-0.39, 0.29) is 29.7 Å². The van der Waals surface area contributed by atoms with E-state index in [1.165, 1.54) is 20.8 Å². The van der Waals surface area contributed by atoms with Gasteiger partial charge in [-0.3, -0.25) is 4.79 Å². The summed E-state index contributed by atoms with van der Waals surface area (Å²) in [6, 6.07) is 0. The van der Waals surface area contributed by atoms with Gasteiger partial charge in [0, 0.05) is 22.5 Å². The molecular formula is C24H34O9S. The van der Waals surface area contributed by atoms with Gasteiger partial charge < -0.3 is 23.1 Å². The second-order valence-electron chi connectivity index (χ2n) is 9.13. The van der Waals surface area contributed by atoms with Gasteiger partial charge in [0.1, 0.15) is 0 Å². The summed E-state index contributed by atoms with van der Waals surface area (Å²) >= 11 is 0.890.